The molecule has 90 valence electrons. The predicted molar refractivity (Wildman–Crippen MR) is 64.2 cm³/mol. The van der Waals surface area contributed by atoms with Gasteiger partial charge >= 0.3 is 0 Å². The van der Waals surface area contributed by atoms with E-state index in [1.54, 1.807) is 7.11 Å². The molecule has 0 unspecified atom stereocenters. The van der Waals surface area contributed by atoms with Crippen LogP contribution in [0.15, 0.2) is 12.3 Å². The van der Waals surface area contributed by atoms with Gasteiger partial charge in [0.2, 0.25) is 0 Å². The van der Waals surface area contributed by atoms with Crippen LogP contribution in [0.25, 0.3) is 0 Å². The number of nitrogens with one attached hydrogen (secondary N) is 1. The lowest BCUT2D eigenvalue weighted by atomic mass is 10.3. The third-order valence-electron chi connectivity index (χ3n) is 2.24. The molecule has 0 saturated heterocycles. The molecule has 0 saturated carbocycles. The second kappa shape index (κ2) is 8.19. The molecule has 0 amide bonds. The minimum atomic E-state index is 0.766. The first-order valence-corrected chi connectivity index (χ1v) is 5.87. The van der Waals surface area contributed by atoms with Crippen molar-refractivity contribution in [3.63, 3.8) is 0 Å². The van der Waals surface area contributed by atoms with Crippen molar-refractivity contribution in [2.45, 2.75) is 32.7 Å². The Morgan fingerprint density at radius 2 is 2.31 bits per heavy atom. The lowest BCUT2D eigenvalue weighted by molar-refractivity contribution is 0.194. The van der Waals surface area contributed by atoms with Gasteiger partial charge in [-0.2, -0.15) is 0 Å². The van der Waals surface area contributed by atoms with Gasteiger partial charge in [-0.05, 0) is 25.5 Å². The van der Waals surface area contributed by atoms with Crippen molar-refractivity contribution in [3.05, 3.63) is 23.8 Å². The Morgan fingerprint density at radius 1 is 1.44 bits per heavy atom. The highest BCUT2D eigenvalue weighted by Crippen LogP contribution is 1.99. The van der Waals surface area contributed by atoms with Gasteiger partial charge < -0.3 is 10.1 Å². The molecule has 0 aromatic carbocycles. The summed E-state index contributed by atoms with van der Waals surface area (Å²) in [4.78, 5) is 8.73. The highest BCUT2D eigenvalue weighted by Gasteiger charge is 1.99. The minimum Gasteiger partial charge on any atom is -0.385 e. The Morgan fingerprint density at radius 3 is 3.06 bits per heavy atom. The van der Waals surface area contributed by atoms with Crippen molar-refractivity contribution in [2.24, 2.45) is 0 Å². The molecule has 0 aliphatic heterocycles. The molecule has 0 atom stereocenters. The van der Waals surface area contributed by atoms with Crippen molar-refractivity contribution in [2.75, 3.05) is 20.3 Å². The Hall–Kier alpha value is -1.00. The number of aryl methyl sites for hydroxylation is 1. The van der Waals surface area contributed by atoms with E-state index in [0.717, 1.165) is 50.5 Å². The van der Waals surface area contributed by atoms with E-state index < -0.39 is 0 Å². The molecule has 1 aromatic heterocycles. The first-order chi connectivity index (χ1) is 7.86. The summed E-state index contributed by atoms with van der Waals surface area (Å²) in [6.45, 7) is 4.78. The summed E-state index contributed by atoms with van der Waals surface area (Å²) in [6.07, 6.45) is 4.83. The lowest BCUT2D eigenvalue weighted by Gasteiger charge is -2.04. The number of aromatic nitrogens is 2. The van der Waals surface area contributed by atoms with Crippen molar-refractivity contribution in [1.29, 1.82) is 0 Å². The van der Waals surface area contributed by atoms with E-state index >= 15 is 0 Å². The SMILES string of the molecule is CCCNCc1ccnc(CCCOC)n1. The highest BCUT2D eigenvalue weighted by atomic mass is 16.5. The summed E-state index contributed by atoms with van der Waals surface area (Å²) in [6, 6.07) is 1.96. The van der Waals surface area contributed by atoms with Crippen molar-refractivity contribution in [1.82, 2.24) is 15.3 Å². The topological polar surface area (TPSA) is 47.0 Å². The fourth-order valence-corrected chi connectivity index (χ4v) is 1.43. The Labute approximate surface area is 97.5 Å². The van der Waals surface area contributed by atoms with Gasteiger partial charge in [0.25, 0.3) is 0 Å². The molecule has 0 bridgehead atoms. The molecule has 1 rings (SSSR count). The number of ether oxygens (including phenoxy) is 1. The van der Waals surface area contributed by atoms with Gasteiger partial charge in [-0.25, -0.2) is 9.97 Å². The molecule has 0 spiro atoms. The van der Waals surface area contributed by atoms with Gasteiger partial charge in [0.15, 0.2) is 0 Å². The van der Waals surface area contributed by atoms with E-state index in [2.05, 4.69) is 22.2 Å². The minimum absolute atomic E-state index is 0.766. The lowest BCUT2D eigenvalue weighted by Crippen LogP contribution is -2.15. The maximum absolute atomic E-state index is 5.01. The third-order valence-corrected chi connectivity index (χ3v) is 2.24. The van der Waals surface area contributed by atoms with Gasteiger partial charge in [0.1, 0.15) is 5.82 Å². The first-order valence-electron chi connectivity index (χ1n) is 5.87. The Kier molecular flexibility index (Phi) is 6.69. The molecule has 0 aliphatic carbocycles. The van der Waals surface area contributed by atoms with Crippen LogP contribution in [-0.4, -0.2) is 30.2 Å². The molecule has 0 aliphatic rings. The molecule has 0 radical (unpaired) electrons. The van der Waals surface area contributed by atoms with Crippen LogP contribution in [0, 0.1) is 0 Å². The molecule has 0 fully saturated rings. The molecular weight excluding hydrogens is 202 g/mol. The summed E-state index contributed by atoms with van der Waals surface area (Å²) < 4.78 is 5.01. The van der Waals surface area contributed by atoms with Crippen molar-refractivity contribution < 1.29 is 4.74 Å². The maximum Gasteiger partial charge on any atom is 0.128 e. The van der Waals surface area contributed by atoms with Gasteiger partial charge in [-0.3, -0.25) is 0 Å². The van der Waals surface area contributed by atoms with E-state index in [0.29, 0.717) is 0 Å². The summed E-state index contributed by atoms with van der Waals surface area (Å²) in [7, 11) is 1.71. The molecule has 1 heterocycles. The van der Waals surface area contributed by atoms with Crippen LogP contribution in [-0.2, 0) is 17.7 Å². The summed E-state index contributed by atoms with van der Waals surface area (Å²) >= 11 is 0. The fraction of sp³-hybridized carbons (Fsp3) is 0.667. The van der Waals surface area contributed by atoms with E-state index in [9.17, 15) is 0 Å². The number of rotatable bonds is 8. The zero-order chi connectivity index (χ0) is 11.6. The number of methoxy groups -OCH3 is 1. The summed E-state index contributed by atoms with van der Waals surface area (Å²) in [5, 5.41) is 3.33. The van der Waals surface area contributed by atoms with Crippen LogP contribution in [0.2, 0.25) is 0 Å². The third kappa shape index (κ3) is 5.19. The molecular formula is C12H21N3O. The summed E-state index contributed by atoms with van der Waals surface area (Å²) in [5.41, 5.74) is 1.07. The standard InChI is InChI=1S/C12H21N3O/c1-3-7-13-10-11-6-8-14-12(15-11)5-4-9-16-2/h6,8,13H,3-5,7,9-10H2,1-2H3. The first kappa shape index (κ1) is 13.1. The van der Waals surface area contributed by atoms with Crippen LogP contribution in [0.5, 0.6) is 0 Å². The molecule has 16 heavy (non-hydrogen) atoms. The van der Waals surface area contributed by atoms with E-state index in [4.69, 9.17) is 4.74 Å². The Balaban J connectivity index is 2.37. The van der Waals surface area contributed by atoms with Gasteiger partial charge in [0.05, 0.1) is 5.69 Å². The zero-order valence-corrected chi connectivity index (χ0v) is 10.2. The Bertz CT molecular complexity index is 266. The number of nitrogens with zero attached hydrogens (tertiary/aromatic N) is 2. The van der Waals surface area contributed by atoms with Crippen LogP contribution in [0.1, 0.15) is 31.3 Å². The van der Waals surface area contributed by atoms with Crippen LogP contribution in [0.3, 0.4) is 0 Å². The smallest absolute Gasteiger partial charge is 0.128 e. The second-order valence-corrected chi connectivity index (χ2v) is 3.74. The normalized spacial score (nSPS) is 10.6. The van der Waals surface area contributed by atoms with Crippen molar-refractivity contribution >= 4 is 0 Å². The fourth-order valence-electron chi connectivity index (χ4n) is 1.43. The predicted octanol–water partition coefficient (Wildman–Crippen LogP) is 1.56. The summed E-state index contributed by atoms with van der Waals surface area (Å²) in [5.74, 6) is 0.910. The van der Waals surface area contributed by atoms with Crippen molar-refractivity contribution in [3.8, 4) is 0 Å². The van der Waals surface area contributed by atoms with Gasteiger partial charge in [-0.15, -0.1) is 0 Å². The number of hydrogen-bond acceptors (Lipinski definition) is 4. The monoisotopic (exact) mass is 223 g/mol. The molecule has 4 nitrogen and oxygen atoms in total. The highest BCUT2D eigenvalue weighted by molar-refractivity contribution is 5.02. The average molecular weight is 223 g/mol. The van der Waals surface area contributed by atoms with Crippen LogP contribution >= 0.6 is 0 Å². The maximum atomic E-state index is 5.01. The largest absolute Gasteiger partial charge is 0.385 e. The second-order valence-electron chi connectivity index (χ2n) is 3.74. The molecule has 1 aromatic rings. The molecule has 1 N–H and O–H groups in total. The van der Waals surface area contributed by atoms with Crippen LogP contribution < -0.4 is 5.32 Å². The quantitative estimate of drug-likeness (QED) is 0.679. The van der Waals surface area contributed by atoms with Gasteiger partial charge in [-0.1, -0.05) is 6.92 Å². The molecule has 4 heteroatoms. The van der Waals surface area contributed by atoms with E-state index in [1.807, 2.05) is 12.3 Å². The zero-order valence-electron chi connectivity index (χ0n) is 10.2. The number of hydrogen-bond donors (Lipinski definition) is 1. The van der Waals surface area contributed by atoms with E-state index in [1.165, 1.54) is 0 Å². The average Bonchev–Trinajstić information content (AvgIpc) is 2.30. The van der Waals surface area contributed by atoms with Gasteiger partial charge in [0, 0.05) is 32.9 Å². The van der Waals surface area contributed by atoms with Crippen LogP contribution in [0.4, 0.5) is 0 Å². The van der Waals surface area contributed by atoms with E-state index in [-0.39, 0.29) is 0 Å².